The van der Waals surface area contributed by atoms with Crippen LogP contribution in [0, 0.1) is 5.92 Å². The number of esters is 1. The lowest BCUT2D eigenvalue weighted by Crippen LogP contribution is -2.45. The smallest absolute Gasteiger partial charge is 0.408 e. The molecule has 1 aliphatic carbocycles. The Morgan fingerprint density at radius 1 is 1.31 bits per heavy atom. The molecule has 1 aliphatic rings. The second-order valence-electron chi connectivity index (χ2n) is 7.30. The number of rotatable bonds is 8. The van der Waals surface area contributed by atoms with E-state index >= 15 is 0 Å². The second kappa shape index (κ2) is 8.87. The number of carbonyl (C=O) groups excluding carboxylic acids is 2. The largest absolute Gasteiger partial charge is 0.464 e. The summed E-state index contributed by atoms with van der Waals surface area (Å²) in [5.74, 6) is -0.166. The van der Waals surface area contributed by atoms with Gasteiger partial charge in [0, 0.05) is 6.42 Å². The van der Waals surface area contributed by atoms with Crippen LogP contribution in [0.2, 0.25) is 0 Å². The zero-order chi connectivity index (χ0) is 20.9. The first-order valence-electron chi connectivity index (χ1n) is 9.54. The highest BCUT2D eigenvalue weighted by atomic mass is 18.2. The van der Waals surface area contributed by atoms with Gasteiger partial charge in [-0.05, 0) is 57.2 Å². The maximum Gasteiger partial charge on any atom is 0.408 e. The van der Waals surface area contributed by atoms with Crippen molar-refractivity contribution in [1.29, 1.82) is 0 Å². The van der Waals surface area contributed by atoms with Crippen LogP contribution in [0.25, 0.3) is 0 Å². The molecule has 0 radical (unpaired) electrons. The summed E-state index contributed by atoms with van der Waals surface area (Å²) in [4.78, 5) is 24.5. The fraction of sp³-hybridized carbons (Fsp3) is 0.579. The van der Waals surface area contributed by atoms with E-state index < -0.39 is 30.5 Å². The van der Waals surface area contributed by atoms with Crippen LogP contribution in [0.5, 0.6) is 5.75 Å². The lowest BCUT2D eigenvalue weighted by atomic mass is 10.1. The van der Waals surface area contributed by atoms with E-state index in [1.807, 2.05) is 0 Å². The molecule has 1 saturated carbocycles. The molecule has 0 saturated heterocycles. The molecule has 0 aliphatic heterocycles. The lowest BCUT2D eigenvalue weighted by Gasteiger charge is -2.23. The van der Waals surface area contributed by atoms with E-state index in [4.69, 9.17) is 12.2 Å². The van der Waals surface area contributed by atoms with Crippen molar-refractivity contribution in [2.24, 2.45) is 5.92 Å². The van der Waals surface area contributed by atoms with Crippen LogP contribution < -0.4 is 10.1 Å². The molecule has 144 valence electrons. The van der Waals surface area contributed by atoms with Crippen LogP contribution in [-0.2, 0) is 20.7 Å². The van der Waals surface area contributed by atoms with Crippen LogP contribution in [0.1, 0.15) is 41.9 Å². The molecule has 1 atom stereocenters. The molecule has 26 heavy (non-hydrogen) atoms. The minimum atomic E-state index is -3.28. The normalized spacial score (nSPS) is 16.8. The molecule has 0 spiro atoms. The molecular formula is C19H26FNO5. The van der Waals surface area contributed by atoms with Gasteiger partial charge in [-0.3, -0.25) is 0 Å². The summed E-state index contributed by atoms with van der Waals surface area (Å²) in [6.45, 7) is 2.19. The van der Waals surface area contributed by atoms with Gasteiger partial charge < -0.3 is 19.5 Å². The highest BCUT2D eigenvalue weighted by Crippen LogP contribution is 2.29. The quantitative estimate of drug-likeness (QED) is 0.712. The molecule has 6 nitrogen and oxygen atoms in total. The molecule has 1 N–H and O–H groups in total. The van der Waals surface area contributed by atoms with E-state index in [0.29, 0.717) is 18.1 Å². The van der Waals surface area contributed by atoms with Crippen molar-refractivity contribution in [3.63, 3.8) is 0 Å². The van der Waals surface area contributed by atoms with Gasteiger partial charge in [-0.15, -0.1) is 0 Å². The lowest BCUT2D eigenvalue weighted by molar-refractivity contribution is -0.146. The number of carbonyl (C=O) groups is 2. The van der Waals surface area contributed by atoms with Crippen molar-refractivity contribution in [2.45, 2.75) is 51.7 Å². The summed E-state index contributed by atoms with van der Waals surface area (Å²) in [6.07, 6.45) is 1.46. The van der Waals surface area contributed by atoms with E-state index in [1.54, 1.807) is 32.9 Å². The topological polar surface area (TPSA) is 73.9 Å². The number of halogens is 1. The van der Waals surface area contributed by atoms with Crippen LogP contribution in [0.3, 0.4) is 0 Å². The van der Waals surface area contributed by atoms with Gasteiger partial charge in [-0.25, -0.2) is 14.0 Å². The van der Waals surface area contributed by atoms with Crippen LogP contribution in [0.4, 0.5) is 9.18 Å². The van der Waals surface area contributed by atoms with Gasteiger partial charge in [0.15, 0.2) is 0 Å². The number of amides is 1. The summed E-state index contributed by atoms with van der Waals surface area (Å²) in [5, 5.41) is 2.53. The fourth-order valence-corrected chi connectivity index (χ4v) is 2.20. The van der Waals surface area contributed by atoms with Gasteiger partial charge in [0.2, 0.25) is 6.81 Å². The molecule has 1 fully saturated rings. The van der Waals surface area contributed by atoms with Gasteiger partial charge in [0.05, 0.1) is 6.61 Å². The molecular weight excluding hydrogens is 340 g/mol. The number of alkyl carbamates (subject to hydrolysis) is 1. The Kier molecular flexibility index (Phi) is 5.84. The van der Waals surface area contributed by atoms with Crippen molar-refractivity contribution < 1.29 is 30.9 Å². The first-order valence-corrected chi connectivity index (χ1v) is 8.54. The Balaban J connectivity index is 2.02. The number of alkyl halides is 1. The summed E-state index contributed by atoms with van der Waals surface area (Å²) >= 11 is 0. The van der Waals surface area contributed by atoms with Crippen LogP contribution >= 0.6 is 0 Å². The fourth-order valence-electron chi connectivity index (χ4n) is 2.20. The molecule has 0 heterocycles. The Labute approximate surface area is 155 Å². The third kappa shape index (κ3) is 7.29. The predicted molar refractivity (Wildman–Crippen MR) is 93.6 cm³/mol. The SMILES string of the molecule is [2H]C([2H])([18F])Oc1ccc(C[C@@H](NC(=O)OC(C)(C)C)C(=O)OCC2CC2)cc1. The number of hydrogen-bond donors (Lipinski definition) is 1. The maximum absolute atomic E-state index is 12.9. The van der Waals surface area contributed by atoms with Gasteiger partial charge in [0.25, 0.3) is 0 Å². The molecule has 0 unspecified atom stereocenters. The average molecular weight is 368 g/mol. The van der Waals surface area contributed by atoms with Crippen molar-refractivity contribution in [3.8, 4) is 5.75 Å². The van der Waals surface area contributed by atoms with Crippen molar-refractivity contribution in [2.75, 3.05) is 13.4 Å². The van der Waals surface area contributed by atoms with Crippen LogP contribution in [-0.4, -0.2) is 37.1 Å². The van der Waals surface area contributed by atoms with Crippen molar-refractivity contribution in [3.05, 3.63) is 29.8 Å². The number of benzene rings is 1. The zero-order valence-electron chi connectivity index (χ0n) is 17.2. The zero-order valence-corrected chi connectivity index (χ0v) is 15.2. The van der Waals surface area contributed by atoms with E-state index in [-0.39, 0.29) is 12.2 Å². The standard InChI is InChI=1S/C19H26FNO5/c1-19(2,3)26-18(23)21-16(17(22)24-11-14-4-5-14)10-13-6-8-15(9-7-13)25-12-20/h6-9,14,16H,4-5,10-12H2,1-3H3,(H,21,23)/t16-/m1/s1/i12D2,20-1. The summed E-state index contributed by atoms with van der Waals surface area (Å²) in [7, 11) is 0. The first-order chi connectivity index (χ1) is 12.9. The highest BCUT2D eigenvalue weighted by molar-refractivity contribution is 5.81. The summed E-state index contributed by atoms with van der Waals surface area (Å²) < 4.78 is 41.5. The molecule has 2 rings (SSSR count). The van der Waals surface area contributed by atoms with E-state index in [9.17, 15) is 14.0 Å². The van der Waals surface area contributed by atoms with E-state index in [1.165, 1.54) is 12.1 Å². The number of hydrogen-bond acceptors (Lipinski definition) is 5. The Morgan fingerprint density at radius 2 is 1.96 bits per heavy atom. The average Bonchev–Trinajstić information content (AvgIpc) is 3.35. The maximum atomic E-state index is 12.9. The Bertz CT molecular complexity index is 681. The number of ether oxygens (including phenoxy) is 3. The second-order valence-corrected chi connectivity index (χ2v) is 7.30. The number of nitrogens with one attached hydrogen (secondary N) is 1. The summed E-state index contributed by atoms with van der Waals surface area (Å²) in [6, 6.07) is 4.92. The molecule has 0 bridgehead atoms. The Hall–Kier alpha value is -2.31. The first kappa shape index (κ1) is 17.1. The predicted octanol–water partition coefficient (Wildman–Crippen LogP) is 3.38. The van der Waals surface area contributed by atoms with Crippen molar-refractivity contribution in [1.82, 2.24) is 5.32 Å². The van der Waals surface area contributed by atoms with E-state index in [2.05, 4.69) is 10.1 Å². The third-order valence-corrected chi connectivity index (χ3v) is 3.65. The molecule has 0 aromatic heterocycles. The van der Waals surface area contributed by atoms with Gasteiger partial charge in [-0.1, -0.05) is 12.1 Å². The minimum absolute atomic E-state index is 0.00390. The monoisotopic (exact) mass is 368 g/mol. The minimum Gasteiger partial charge on any atom is -0.464 e. The Morgan fingerprint density at radius 3 is 2.50 bits per heavy atom. The van der Waals surface area contributed by atoms with Gasteiger partial charge in [-0.2, -0.15) is 0 Å². The molecule has 7 heteroatoms. The van der Waals surface area contributed by atoms with Crippen LogP contribution in [0.15, 0.2) is 24.3 Å². The van der Waals surface area contributed by atoms with Gasteiger partial charge in [0.1, 0.15) is 20.1 Å². The third-order valence-electron chi connectivity index (χ3n) is 3.65. The highest BCUT2D eigenvalue weighted by Gasteiger charge is 2.28. The molecule has 1 aromatic carbocycles. The van der Waals surface area contributed by atoms with Crippen molar-refractivity contribution >= 4 is 12.1 Å². The van der Waals surface area contributed by atoms with Gasteiger partial charge >= 0.3 is 12.1 Å². The molecule has 1 amide bonds. The van der Waals surface area contributed by atoms with E-state index in [0.717, 1.165) is 12.8 Å². The molecule has 1 aromatic rings. The summed E-state index contributed by atoms with van der Waals surface area (Å²) in [5.41, 5.74) is -0.0621.